The second-order valence-corrected chi connectivity index (χ2v) is 10.7. The summed E-state index contributed by atoms with van der Waals surface area (Å²) in [5.41, 5.74) is 2.86. The zero-order chi connectivity index (χ0) is 23.3. The number of sulfonamides is 1. The lowest BCUT2D eigenvalue weighted by Crippen LogP contribution is -2.40. The Hall–Kier alpha value is -2.65. The van der Waals surface area contributed by atoms with Gasteiger partial charge in [-0.1, -0.05) is 36.4 Å². The molecule has 1 fully saturated rings. The van der Waals surface area contributed by atoms with Crippen LogP contribution in [0.4, 0.5) is 5.69 Å². The average molecular weight is 483 g/mol. The highest BCUT2D eigenvalue weighted by atomic mass is 32.2. The Bertz CT molecular complexity index is 1210. The smallest absolute Gasteiger partial charge is 0.255 e. The summed E-state index contributed by atoms with van der Waals surface area (Å²) in [5.74, 6) is 0.497. The molecular weight excluding hydrogens is 456 g/mol. The van der Waals surface area contributed by atoms with E-state index in [0.717, 1.165) is 11.3 Å². The monoisotopic (exact) mass is 482 g/mol. The highest BCUT2D eigenvalue weighted by Gasteiger charge is 2.27. The molecule has 0 bridgehead atoms. The van der Waals surface area contributed by atoms with Gasteiger partial charge in [-0.25, -0.2) is 8.42 Å². The molecule has 172 valence electrons. The van der Waals surface area contributed by atoms with E-state index >= 15 is 0 Å². The van der Waals surface area contributed by atoms with Gasteiger partial charge in [0, 0.05) is 35.0 Å². The minimum Gasteiger partial charge on any atom is -0.379 e. The molecule has 1 N–H and O–H groups in total. The van der Waals surface area contributed by atoms with Gasteiger partial charge in [0.25, 0.3) is 5.91 Å². The van der Waals surface area contributed by atoms with E-state index in [1.54, 1.807) is 30.8 Å². The molecule has 0 spiro atoms. The van der Waals surface area contributed by atoms with E-state index in [1.807, 2.05) is 42.5 Å². The third-order valence-electron chi connectivity index (χ3n) is 5.42. The largest absolute Gasteiger partial charge is 0.379 e. The third-order valence-corrected chi connectivity index (χ3v) is 8.40. The number of aryl methyl sites for hydroxylation is 1. The molecule has 4 rings (SSSR count). The SMILES string of the molecule is Cc1ccc(S(=O)(=O)N2CCOCC2)cc1C(=O)Nc1ccc(CSc2ccccc2)cc1. The first kappa shape index (κ1) is 23.5. The summed E-state index contributed by atoms with van der Waals surface area (Å²) in [6.45, 7) is 3.17. The molecule has 0 unspecified atom stereocenters. The topological polar surface area (TPSA) is 75.7 Å². The molecule has 0 radical (unpaired) electrons. The van der Waals surface area contributed by atoms with Gasteiger partial charge in [0.15, 0.2) is 0 Å². The second kappa shape index (κ2) is 10.5. The number of rotatable bonds is 7. The number of hydrogen-bond donors (Lipinski definition) is 1. The lowest BCUT2D eigenvalue weighted by Gasteiger charge is -2.26. The molecule has 3 aromatic rings. The van der Waals surface area contributed by atoms with Crippen LogP contribution in [0.2, 0.25) is 0 Å². The second-order valence-electron chi connectivity index (χ2n) is 7.75. The first-order chi connectivity index (χ1) is 15.9. The lowest BCUT2D eigenvalue weighted by atomic mass is 10.1. The fourth-order valence-electron chi connectivity index (χ4n) is 3.51. The van der Waals surface area contributed by atoms with Crippen molar-refractivity contribution < 1.29 is 17.9 Å². The van der Waals surface area contributed by atoms with Gasteiger partial charge in [-0.2, -0.15) is 4.31 Å². The van der Waals surface area contributed by atoms with Gasteiger partial charge in [0.2, 0.25) is 10.0 Å². The average Bonchev–Trinajstić information content (AvgIpc) is 2.85. The molecule has 8 heteroatoms. The van der Waals surface area contributed by atoms with E-state index in [2.05, 4.69) is 17.4 Å². The maximum absolute atomic E-state index is 13.0. The maximum atomic E-state index is 13.0. The molecule has 0 saturated carbocycles. The van der Waals surface area contributed by atoms with Crippen LogP contribution in [0.5, 0.6) is 0 Å². The van der Waals surface area contributed by atoms with Gasteiger partial charge >= 0.3 is 0 Å². The maximum Gasteiger partial charge on any atom is 0.255 e. The quantitative estimate of drug-likeness (QED) is 0.500. The fourth-order valence-corrected chi connectivity index (χ4v) is 5.82. The zero-order valence-corrected chi connectivity index (χ0v) is 20.0. The summed E-state index contributed by atoms with van der Waals surface area (Å²) in [7, 11) is -3.67. The van der Waals surface area contributed by atoms with E-state index in [0.29, 0.717) is 43.1 Å². The third kappa shape index (κ3) is 5.83. The Morgan fingerprint density at radius 1 is 1.00 bits per heavy atom. The van der Waals surface area contributed by atoms with Crippen LogP contribution in [0.15, 0.2) is 82.6 Å². The number of benzene rings is 3. The van der Waals surface area contributed by atoms with Crippen LogP contribution in [0.1, 0.15) is 21.5 Å². The molecule has 1 aliphatic heterocycles. The van der Waals surface area contributed by atoms with Crippen LogP contribution in [-0.2, 0) is 20.5 Å². The summed E-state index contributed by atoms with van der Waals surface area (Å²) in [4.78, 5) is 14.3. The minimum absolute atomic E-state index is 0.119. The molecule has 33 heavy (non-hydrogen) atoms. The Labute approximate surface area is 199 Å². The van der Waals surface area contributed by atoms with Gasteiger partial charge in [-0.15, -0.1) is 11.8 Å². The summed E-state index contributed by atoms with van der Waals surface area (Å²) >= 11 is 1.75. The number of nitrogens with zero attached hydrogens (tertiary/aromatic N) is 1. The highest BCUT2D eigenvalue weighted by Crippen LogP contribution is 2.24. The standard InChI is InChI=1S/C25H26N2O4S2/c1-19-7-12-23(33(29,30)27-13-15-31-16-14-27)17-24(19)25(28)26-21-10-8-20(9-11-21)18-32-22-5-3-2-4-6-22/h2-12,17H,13-16,18H2,1H3,(H,26,28). The van der Waals surface area contributed by atoms with Crippen LogP contribution in [0, 0.1) is 6.92 Å². The summed E-state index contributed by atoms with van der Waals surface area (Å²) in [5, 5.41) is 2.88. The number of morpholine rings is 1. The normalized spacial score (nSPS) is 14.7. The number of anilines is 1. The van der Waals surface area contributed by atoms with Crippen LogP contribution >= 0.6 is 11.8 Å². The predicted octanol–water partition coefficient (Wildman–Crippen LogP) is 4.56. The number of nitrogens with one attached hydrogen (secondary N) is 1. The molecule has 0 aliphatic carbocycles. The van der Waals surface area contributed by atoms with Crippen LogP contribution in [0.25, 0.3) is 0 Å². The Morgan fingerprint density at radius 2 is 1.70 bits per heavy atom. The van der Waals surface area contributed by atoms with E-state index in [-0.39, 0.29) is 10.8 Å². The zero-order valence-electron chi connectivity index (χ0n) is 18.4. The van der Waals surface area contributed by atoms with Crippen LogP contribution in [0.3, 0.4) is 0 Å². The van der Waals surface area contributed by atoms with Crippen molar-refractivity contribution >= 4 is 33.4 Å². The van der Waals surface area contributed by atoms with Crippen molar-refractivity contribution in [3.05, 3.63) is 89.5 Å². The molecule has 1 amide bonds. The molecule has 6 nitrogen and oxygen atoms in total. The molecule has 1 heterocycles. The highest BCUT2D eigenvalue weighted by molar-refractivity contribution is 7.98. The molecule has 3 aromatic carbocycles. The summed E-state index contributed by atoms with van der Waals surface area (Å²) in [6, 6.07) is 22.6. The summed E-state index contributed by atoms with van der Waals surface area (Å²) < 4.78 is 32.6. The van der Waals surface area contributed by atoms with E-state index in [1.165, 1.54) is 15.3 Å². The van der Waals surface area contributed by atoms with Crippen molar-refractivity contribution in [2.24, 2.45) is 0 Å². The van der Waals surface area contributed by atoms with Crippen molar-refractivity contribution in [2.75, 3.05) is 31.6 Å². The number of thioether (sulfide) groups is 1. The Kier molecular flexibility index (Phi) is 7.49. The molecule has 0 aromatic heterocycles. The van der Waals surface area contributed by atoms with Gasteiger partial charge in [-0.3, -0.25) is 4.79 Å². The van der Waals surface area contributed by atoms with Crippen molar-refractivity contribution in [3.63, 3.8) is 0 Å². The first-order valence-corrected chi connectivity index (χ1v) is 13.1. The molecule has 1 saturated heterocycles. The van der Waals surface area contributed by atoms with Gasteiger partial charge in [0.1, 0.15) is 0 Å². The lowest BCUT2D eigenvalue weighted by molar-refractivity contribution is 0.0730. The Morgan fingerprint density at radius 3 is 2.39 bits per heavy atom. The van der Waals surface area contributed by atoms with Crippen molar-refractivity contribution in [1.29, 1.82) is 0 Å². The van der Waals surface area contributed by atoms with Crippen LogP contribution in [-0.4, -0.2) is 44.9 Å². The van der Waals surface area contributed by atoms with E-state index < -0.39 is 10.0 Å². The number of carbonyl (C=O) groups is 1. The molecular formula is C25H26N2O4S2. The molecule has 1 aliphatic rings. The predicted molar refractivity (Wildman–Crippen MR) is 131 cm³/mol. The van der Waals surface area contributed by atoms with Crippen molar-refractivity contribution in [3.8, 4) is 0 Å². The van der Waals surface area contributed by atoms with Gasteiger partial charge in [0.05, 0.1) is 18.1 Å². The fraction of sp³-hybridized carbons (Fsp3) is 0.240. The number of carbonyl (C=O) groups excluding carboxylic acids is 1. The number of ether oxygens (including phenoxy) is 1. The first-order valence-electron chi connectivity index (χ1n) is 10.7. The Balaban J connectivity index is 1.44. The molecule has 0 atom stereocenters. The van der Waals surface area contributed by atoms with Gasteiger partial charge in [-0.05, 0) is 54.4 Å². The summed E-state index contributed by atoms with van der Waals surface area (Å²) in [6.07, 6.45) is 0. The number of amides is 1. The number of hydrogen-bond acceptors (Lipinski definition) is 5. The van der Waals surface area contributed by atoms with E-state index in [4.69, 9.17) is 4.74 Å². The van der Waals surface area contributed by atoms with Crippen LogP contribution < -0.4 is 5.32 Å². The minimum atomic E-state index is -3.67. The van der Waals surface area contributed by atoms with Gasteiger partial charge < -0.3 is 10.1 Å². The van der Waals surface area contributed by atoms with Crippen molar-refractivity contribution in [2.45, 2.75) is 22.5 Å². The van der Waals surface area contributed by atoms with Crippen molar-refractivity contribution in [1.82, 2.24) is 4.31 Å². The van der Waals surface area contributed by atoms with E-state index in [9.17, 15) is 13.2 Å².